The number of H-pyrrole nitrogens is 2. The summed E-state index contributed by atoms with van der Waals surface area (Å²) in [5.41, 5.74) is 2.71. The molecular formula is C28H22F2N4O4. The van der Waals surface area contributed by atoms with E-state index < -0.39 is 11.6 Å². The van der Waals surface area contributed by atoms with Crippen molar-refractivity contribution in [2.75, 3.05) is 13.2 Å². The topological polar surface area (TPSA) is 94.2 Å². The van der Waals surface area contributed by atoms with Gasteiger partial charge in [-0.2, -0.15) is 4.98 Å². The van der Waals surface area contributed by atoms with Crippen molar-refractivity contribution in [3.05, 3.63) is 89.1 Å². The van der Waals surface area contributed by atoms with Crippen LogP contribution in [0.2, 0.25) is 0 Å². The molecule has 0 radical (unpaired) electrons. The summed E-state index contributed by atoms with van der Waals surface area (Å²) in [4.78, 5) is 21.6. The van der Waals surface area contributed by atoms with Gasteiger partial charge in [0.1, 0.15) is 17.4 Å². The third kappa shape index (κ3) is 3.80. The van der Waals surface area contributed by atoms with Crippen LogP contribution in [0.15, 0.2) is 71.8 Å². The summed E-state index contributed by atoms with van der Waals surface area (Å²) in [6.45, 7) is 0.964. The first-order valence-corrected chi connectivity index (χ1v) is 12.3. The number of nitrogens with zero attached hydrogens (tertiary/aromatic N) is 2. The van der Waals surface area contributed by atoms with E-state index in [2.05, 4.69) is 15.0 Å². The number of rotatable bonds is 5. The maximum absolute atomic E-state index is 15.5. The number of fused-ring (bicyclic) bond motifs is 2. The predicted molar refractivity (Wildman–Crippen MR) is 135 cm³/mol. The first-order valence-electron chi connectivity index (χ1n) is 12.3. The zero-order chi connectivity index (χ0) is 25.8. The van der Waals surface area contributed by atoms with Crippen LogP contribution in [0.4, 0.5) is 8.78 Å². The Kier molecular flexibility index (Phi) is 5.38. The van der Waals surface area contributed by atoms with Gasteiger partial charge in [-0.25, -0.2) is 13.6 Å². The summed E-state index contributed by atoms with van der Waals surface area (Å²) < 4.78 is 49.4. The minimum absolute atomic E-state index is 0.00105. The maximum atomic E-state index is 15.5. The zero-order valence-corrected chi connectivity index (χ0v) is 20.0. The van der Waals surface area contributed by atoms with Crippen molar-refractivity contribution in [3.8, 4) is 34.0 Å². The molecule has 3 unspecified atom stereocenters. The number of halogens is 2. The van der Waals surface area contributed by atoms with Crippen LogP contribution in [0.5, 0.6) is 6.01 Å². The molecule has 2 aliphatic heterocycles. The first kappa shape index (κ1) is 22.9. The first-order chi connectivity index (χ1) is 18.5. The van der Waals surface area contributed by atoms with Crippen LogP contribution in [-0.2, 0) is 9.47 Å². The van der Waals surface area contributed by atoms with Gasteiger partial charge in [0.05, 0.1) is 29.5 Å². The largest absolute Gasteiger partial charge is 0.456 e. The lowest BCUT2D eigenvalue weighted by Gasteiger charge is -2.15. The standard InChI is InChI=1S/C28H22F2N4O4/c29-19-13-20-25(33-27(32-20)38-22-14-37-21-9-12-36-26(21)22)24(30)23(19)17-3-1-15(2-4-17)16-5-7-18(8-6-16)34-11-10-31-28(34)35/h1-8,10-11,13,21-22,26H,9,12,14H2,(H,31,35)(H,32,33). The van der Waals surface area contributed by atoms with E-state index in [9.17, 15) is 4.79 Å². The fraction of sp³-hybridized carbons (Fsp3) is 0.214. The highest BCUT2D eigenvalue weighted by Crippen LogP contribution is 2.34. The van der Waals surface area contributed by atoms with Gasteiger partial charge in [-0.3, -0.25) is 4.57 Å². The van der Waals surface area contributed by atoms with Crippen LogP contribution in [0.1, 0.15) is 6.42 Å². The summed E-state index contributed by atoms with van der Waals surface area (Å²) in [6.07, 6.45) is 3.49. The summed E-state index contributed by atoms with van der Waals surface area (Å²) in [6, 6.07) is 15.7. The van der Waals surface area contributed by atoms with Gasteiger partial charge in [-0.05, 0) is 35.2 Å². The quantitative estimate of drug-likeness (QED) is 0.357. The number of nitrogens with one attached hydrogen (secondary N) is 2. The maximum Gasteiger partial charge on any atom is 0.330 e. The third-order valence-electron chi connectivity index (χ3n) is 7.13. The fourth-order valence-electron chi connectivity index (χ4n) is 5.22. The van der Waals surface area contributed by atoms with Crippen LogP contribution < -0.4 is 10.4 Å². The molecule has 0 saturated carbocycles. The van der Waals surface area contributed by atoms with Gasteiger partial charge in [0.25, 0.3) is 6.01 Å². The molecule has 3 atom stereocenters. The molecule has 38 heavy (non-hydrogen) atoms. The van der Waals surface area contributed by atoms with E-state index in [1.165, 1.54) is 10.6 Å². The molecule has 0 spiro atoms. The average molecular weight is 517 g/mol. The Hall–Kier alpha value is -4.28. The number of aromatic nitrogens is 4. The number of hydrogen-bond acceptors (Lipinski definition) is 5. The van der Waals surface area contributed by atoms with Crippen LogP contribution in [0.3, 0.4) is 0 Å². The molecule has 8 nitrogen and oxygen atoms in total. The highest BCUT2D eigenvalue weighted by Gasteiger charge is 2.43. The summed E-state index contributed by atoms with van der Waals surface area (Å²) >= 11 is 0. The molecule has 0 aliphatic carbocycles. The molecule has 0 bridgehead atoms. The van der Waals surface area contributed by atoms with Crippen LogP contribution in [0.25, 0.3) is 39.0 Å². The Balaban J connectivity index is 1.15. The van der Waals surface area contributed by atoms with Gasteiger partial charge in [-0.1, -0.05) is 36.4 Å². The molecule has 2 saturated heterocycles. The van der Waals surface area contributed by atoms with E-state index >= 15 is 8.78 Å². The lowest BCUT2D eigenvalue weighted by Crippen LogP contribution is -2.32. The third-order valence-corrected chi connectivity index (χ3v) is 7.13. The highest BCUT2D eigenvalue weighted by atomic mass is 19.1. The molecule has 2 aromatic heterocycles. The monoisotopic (exact) mass is 516 g/mol. The van der Waals surface area contributed by atoms with Crippen molar-refractivity contribution in [2.45, 2.75) is 24.7 Å². The number of aromatic amines is 2. The van der Waals surface area contributed by atoms with Gasteiger partial charge < -0.3 is 24.2 Å². The average Bonchev–Trinajstić information content (AvgIpc) is 3.71. The normalized spacial score (nSPS) is 20.7. The molecule has 7 rings (SSSR count). The molecule has 5 aromatic rings. The molecule has 2 N–H and O–H groups in total. The van der Waals surface area contributed by atoms with E-state index in [1.807, 2.05) is 24.3 Å². The Morgan fingerprint density at radius 1 is 1.00 bits per heavy atom. The van der Waals surface area contributed by atoms with E-state index in [-0.39, 0.29) is 46.6 Å². The second-order valence-corrected chi connectivity index (χ2v) is 9.40. The minimum Gasteiger partial charge on any atom is -0.456 e. The van der Waals surface area contributed by atoms with Crippen molar-refractivity contribution >= 4 is 11.0 Å². The van der Waals surface area contributed by atoms with Gasteiger partial charge in [0.2, 0.25) is 0 Å². The van der Waals surface area contributed by atoms with E-state index in [1.54, 1.807) is 36.7 Å². The SMILES string of the molecule is O=c1[nH]ccn1-c1ccc(-c2ccc(-c3c(F)cc4[nH]c(OC5COC6CCOC65)nc4c3F)cc2)cc1. The molecule has 10 heteroatoms. The van der Waals surface area contributed by atoms with Crippen molar-refractivity contribution in [1.82, 2.24) is 19.5 Å². The van der Waals surface area contributed by atoms with Crippen molar-refractivity contribution in [3.63, 3.8) is 0 Å². The minimum atomic E-state index is -0.766. The lowest BCUT2D eigenvalue weighted by molar-refractivity contribution is 0.0273. The Bertz CT molecular complexity index is 1690. The number of benzene rings is 3. The zero-order valence-electron chi connectivity index (χ0n) is 20.0. The van der Waals surface area contributed by atoms with Gasteiger partial charge in [-0.15, -0.1) is 0 Å². The molecular weight excluding hydrogens is 494 g/mol. The molecule has 4 heterocycles. The van der Waals surface area contributed by atoms with Crippen molar-refractivity contribution in [2.24, 2.45) is 0 Å². The van der Waals surface area contributed by atoms with E-state index in [0.717, 1.165) is 23.2 Å². The van der Waals surface area contributed by atoms with Crippen LogP contribution in [-0.4, -0.2) is 51.0 Å². The molecule has 3 aromatic carbocycles. The van der Waals surface area contributed by atoms with Gasteiger partial charge >= 0.3 is 5.69 Å². The van der Waals surface area contributed by atoms with Crippen molar-refractivity contribution in [1.29, 1.82) is 0 Å². The number of ether oxygens (including phenoxy) is 3. The van der Waals surface area contributed by atoms with E-state index in [4.69, 9.17) is 14.2 Å². The Labute approximate surface area is 214 Å². The highest BCUT2D eigenvalue weighted by molar-refractivity contribution is 5.84. The second-order valence-electron chi connectivity index (χ2n) is 9.40. The predicted octanol–water partition coefficient (Wildman–Crippen LogP) is 4.59. The fourth-order valence-corrected chi connectivity index (χ4v) is 5.22. The van der Waals surface area contributed by atoms with Gasteiger partial charge in [0, 0.05) is 25.1 Å². The smallest absolute Gasteiger partial charge is 0.330 e. The molecule has 2 fully saturated rings. The summed E-state index contributed by atoms with van der Waals surface area (Å²) in [7, 11) is 0. The van der Waals surface area contributed by atoms with Crippen LogP contribution in [0, 0.1) is 11.6 Å². The summed E-state index contributed by atoms with van der Waals surface area (Å²) in [5.74, 6) is -1.47. The van der Waals surface area contributed by atoms with Crippen LogP contribution >= 0.6 is 0 Å². The lowest BCUT2D eigenvalue weighted by atomic mass is 9.99. The number of imidazole rings is 2. The molecule has 2 aliphatic rings. The second kappa shape index (κ2) is 8.93. The Morgan fingerprint density at radius 3 is 2.47 bits per heavy atom. The summed E-state index contributed by atoms with van der Waals surface area (Å²) in [5, 5.41) is 0. The Morgan fingerprint density at radius 2 is 1.74 bits per heavy atom. The van der Waals surface area contributed by atoms with Gasteiger partial charge in [0.15, 0.2) is 11.9 Å². The molecule has 192 valence electrons. The number of hydrogen-bond donors (Lipinski definition) is 2. The van der Waals surface area contributed by atoms with Crippen molar-refractivity contribution < 1.29 is 23.0 Å². The van der Waals surface area contributed by atoms with E-state index in [0.29, 0.717) is 18.8 Å². The molecule has 0 amide bonds.